The lowest BCUT2D eigenvalue weighted by Crippen LogP contribution is -1.89. The molecule has 0 saturated heterocycles. The Hall–Kier alpha value is -2.60. The van der Waals surface area contributed by atoms with Gasteiger partial charge in [0.05, 0.1) is 9.62 Å². The topological polar surface area (TPSA) is 68.4 Å². The van der Waals surface area contributed by atoms with E-state index in [4.69, 9.17) is 0 Å². The van der Waals surface area contributed by atoms with Gasteiger partial charge in [-0.2, -0.15) is 4.37 Å². The van der Waals surface area contributed by atoms with Crippen LogP contribution in [0.2, 0.25) is 0 Å². The minimum Gasteiger partial charge on any atom is -0.258 e. The molecule has 1 heterocycles. The summed E-state index contributed by atoms with van der Waals surface area (Å²) in [4.78, 5) is 14.6. The summed E-state index contributed by atoms with van der Waals surface area (Å²) in [5, 5.41) is 11.7. The monoisotopic (exact) mass is 283 g/mol. The number of benzene rings is 2. The lowest BCUT2D eigenvalue weighted by atomic mass is 10.2. The summed E-state index contributed by atoms with van der Waals surface area (Å²) in [7, 11) is 0. The van der Waals surface area contributed by atoms with Gasteiger partial charge >= 0.3 is 0 Å². The number of rotatable bonds is 3. The Kier molecular flexibility index (Phi) is 3.22. The molecule has 0 saturated carbocycles. The maximum absolute atomic E-state index is 10.7. The maximum Gasteiger partial charge on any atom is 0.270 e. The third-order valence-electron chi connectivity index (χ3n) is 2.78. The molecule has 0 N–H and O–H groups in total. The van der Waals surface area contributed by atoms with E-state index in [0.717, 1.165) is 10.1 Å². The molecule has 20 heavy (non-hydrogen) atoms. The van der Waals surface area contributed by atoms with Gasteiger partial charge in [-0.05, 0) is 29.2 Å². The van der Waals surface area contributed by atoms with Crippen LogP contribution in [0, 0.1) is 10.1 Å². The Bertz CT molecular complexity index is 811. The van der Waals surface area contributed by atoms with Gasteiger partial charge in [-0.25, -0.2) is 4.99 Å². The summed E-state index contributed by atoms with van der Waals surface area (Å²) in [5.41, 5.74) is 0.730. The average molecular weight is 283 g/mol. The van der Waals surface area contributed by atoms with Crippen LogP contribution in [0.5, 0.6) is 0 Å². The van der Waals surface area contributed by atoms with E-state index in [1.807, 2.05) is 24.3 Å². The van der Waals surface area contributed by atoms with Crippen LogP contribution in [0.3, 0.4) is 0 Å². The van der Waals surface area contributed by atoms with Crippen molar-refractivity contribution in [1.82, 2.24) is 4.37 Å². The molecule has 0 spiro atoms. The fourth-order valence-corrected chi connectivity index (χ4v) is 2.55. The molecule has 0 unspecified atom stereocenters. The summed E-state index contributed by atoms with van der Waals surface area (Å²) in [5.74, 6) is 0.636. The van der Waals surface area contributed by atoms with Crippen molar-refractivity contribution in [3.63, 3.8) is 0 Å². The molecule has 0 atom stereocenters. The fourth-order valence-electron chi connectivity index (χ4n) is 1.82. The van der Waals surface area contributed by atoms with Crippen LogP contribution in [0.25, 0.3) is 10.1 Å². The summed E-state index contributed by atoms with van der Waals surface area (Å²) in [6, 6.07) is 14.2. The minimum atomic E-state index is -0.421. The second kappa shape index (κ2) is 5.18. The predicted octanol–water partition coefficient (Wildman–Crippen LogP) is 3.96. The third kappa shape index (κ3) is 2.41. The highest BCUT2D eigenvalue weighted by atomic mass is 32.1. The first kappa shape index (κ1) is 12.4. The van der Waals surface area contributed by atoms with Gasteiger partial charge in [-0.15, -0.1) is 0 Å². The molecule has 3 aromatic rings. The van der Waals surface area contributed by atoms with Gasteiger partial charge in [0, 0.05) is 23.7 Å². The number of hydrogen-bond acceptors (Lipinski definition) is 5. The van der Waals surface area contributed by atoms with E-state index in [9.17, 15) is 10.1 Å². The highest BCUT2D eigenvalue weighted by Crippen LogP contribution is 2.28. The lowest BCUT2D eigenvalue weighted by Gasteiger charge is -1.93. The van der Waals surface area contributed by atoms with Gasteiger partial charge in [-0.1, -0.05) is 24.3 Å². The quantitative estimate of drug-likeness (QED) is 0.415. The number of nitro groups is 1. The number of aromatic nitrogens is 1. The standard InChI is InChI=1S/C14H9N3O2S/c18-17(19)11-5-3-4-10(8-11)9-15-14-12-6-1-2-7-13(12)20-16-14/h1-9H. The van der Waals surface area contributed by atoms with Crippen LogP contribution >= 0.6 is 11.5 Å². The Labute approximate surface area is 118 Å². The van der Waals surface area contributed by atoms with Crippen LogP contribution in [-0.4, -0.2) is 15.5 Å². The Morgan fingerprint density at radius 3 is 2.90 bits per heavy atom. The van der Waals surface area contributed by atoms with Crippen molar-refractivity contribution in [1.29, 1.82) is 0 Å². The summed E-state index contributed by atoms with van der Waals surface area (Å²) >= 11 is 1.39. The smallest absolute Gasteiger partial charge is 0.258 e. The number of nitrogens with zero attached hydrogens (tertiary/aromatic N) is 3. The van der Waals surface area contributed by atoms with Gasteiger partial charge in [0.25, 0.3) is 5.69 Å². The first-order chi connectivity index (χ1) is 9.74. The number of nitro benzene ring substituents is 1. The van der Waals surface area contributed by atoms with Crippen molar-refractivity contribution in [2.45, 2.75) is 0 Å². The van der Waals surface area contributed by atoms with Gasteiger partial charge in [0.2, 0.25) is 0 Å². The van der Waals surface area contributed by atoms with E-state index in [0.29, 0.717) is 11.4 Å². The molecule has 2 aromatic carbocycles. The fraction of sp³-hybridized carbons (Fsp3) is 0. The van der Waals surface area contributed by atoms with Gasteiger partial charge in [-0.3, -0.25) is 10.1 Å². The van der Waals surface area contributed by atoms with Crippen LogP contribution < -0.4 is 0 Å². The SMILES string of the molecule is O=[N+]([O-])c1cccc(C=Nc2nsc3ccccc23)c1. The van der Waals surface area contributed by atoms with Crippen molar-refractivity contribution < 1.29 is 4.92 Å². The van der Waals surface area contributed by atoms with Crippen LogP contribution in [0.1, 0.15) is 5.56 Å². The normalized spacial score (nSPS) is 11.2. The molecule has 6 heteroatoms. The molecule has 5 nitrogen and oxygen atoms in total. The zero-order valence-corrected chi connectivity index (χ0v) is 11.1. The van der Waals surface area contributed by atoms with Crippen LogP contribution in [0.4, 0.5) is 11.5 Å². The molecule has 0 radical (unpaired) electrons. The molecule has 0 bridgehead atoms. The Morgan fingerprint density at radius 1 is 1.20 bits per heavy atom. The molecule has 1 aromatic heterocycles. The lowest BCUT2D eigenvalue weighted by molar-refractivity contribution is -0.384. The maximum atomic E-state index is 10.7. The predicted molar refractivity (Wildman–Crippen MR) is 80.0 cm³/mol. The minimum absolute atomic E-state index is 0.0529. The zero-order chi connectivity index (χ0) is 13.9. The Morgan fingerprint density at radius 2 is 2.05 bits per heavy atom. The molecular weight excluding hydrogens is 274 g/mol. The average Bonchev–Trinajstić information content (AvgIpc) is 2.89. The van der Waals surface area contributed by atoms with Gasteiger partial charge in [0.15, 0.2) is 5.82 Å². The van der Waals surface area contributed by atoms with E-state index in [1.165, 1.54) is 23.7 Å². The summed E-state index contributed by atoms with van der Waals surface area (Å²) < 4.78 is 5.35. The van der Waals surface area contributed by atoms with Crippen molar-refractivity contribution in [3.8, 4) is 0 Å². The van der Waals surface area contributed by atoms with E-state index < -0.39 is 4.92 Å². The second-order valence-corrected chi connectivity index (χ2v) is 4.92. The first-order valence-electron chi connectivity index (χ1n) is 5.87. The zero-order valence-electron chi connectivity index (χ0n) is 10.3. The van der Waals surface area contributed by atoms with E-state index in [1.54, 1.807) is 18.3 Å². The summed E-state index contributed by atoms with van der Waals surface area (Å²) in [6.07, 6.45) is 1.59. The van der Waals surface area contributed by atoms with E-state index >= 15 is 0 Å². The largest absolute Gasteiger partial charge is 0.270 e. The molecule has 0 amide bonds. The molecule has 0 aliphatic rings. The van der Waals surface area contributed by atoms with E-state index in [-0.39, 0.29) is 5.69 Å². The number of hydrogen-bond donors (Lipinski definition) is 0. The third-order valence-corrected chi connectivity index (χ3v) is 3.59. The van der Waals surface area contributed by atoms with Crippen molar-refractivity contribution in [2.24, 2.45) is 4.99 Å². The van der Waals surface area contributed by atoms with Crippen LogP contribution in [-0.2, 0) is 0 Å². The van der Waals surface area contributed by atoms with E-state index in [2.05, 4.69) is 9.37 Å². The number of non-ortho nitro benzene ring substituents is 1. The molecule has 0 aliphatic heterocycles. The second-order valence-electron chi connectivity index (χ2n) is 4.11. The molecule has 0 aliphatic carbocycles. The number of aliphatic imine (C=N–C) groups is 1. The highest BCUT2D eigenvalue weighted by molar-refractivity contribution is 7.13. The molecule has 98 valence electrons. The highest BCUT2D eigenvalue weighted by Gasteiger charge is 2.05. The van der Waals surface area contributed by atoms with Crippen LogP contribution in [0.15, 0.2) is 53.5 Å². The molecule has 0 fully saturated rings. The first-order valence-corrected chi connectivity index (χ1v) is 6.64. The van der Waals surface area contributed by atoms with Gasteiger partial charge < -0.3 is 0 Å². The molecule has 3 rings (SSSR count). The Balaban J connectivity index is 1.94. The van der Waals surface area contributed by atoms with Crippen molar-refractivity contribution in [2.75, 3.05) is 0 Å². The van der Waals surface area contributed by atoms with Crippen molar-refractivity contribution >= 4 is 39.3 Å². The molecular formula is C14H9N3O2S. The van der Waals surface area contributed by atoms with Crippen molar-refractivity contribution in [3.05, 3.63) is 64.2 Å². The number of fused-ring (bicyclic) bond motifs is 1. The van der Waals surface area contributed by atoms with Gasteiger partial charge in [0.1, 0.15) is 0 Å². The summed E-state index contributed by atoms with van der Waals surface area (Å²) in [6.45, 7) is 0.